The molecule has 0 spiro atoms. The molecule has 0 fully saturated rings. The topological polar surface area (TPSA) is 89.2 Å². The Labute approximate surface area is 189 Å². The summed E-state index contributed by atoms with van der Waals surface area (Å²) in [6.07, 6.45) is 1.99. The number of anilines is 2. The number of benzene rings is 3. The summed E-state index contributed by atoms with van der Waals surface area (Å²) in [6, 6.07) is 27.7. The fourth-order valence-corrected chi connectivity index (χ4v) is 3.48. The van der Waals surface area contributed by atoms with Crippen molar-refractivity contribution in [2.75, 3.05) is 10.6 Å². The lowest BCUT2D eigenvalue weighted by Crippen LogP contribution is -2.15. The fourth-order valence-electron chi connectivity index (χ4n) is 3.48. The zero-order valence-electron chi connectivity index (χ0n) is 17.6. The molecule has 0 aliphatic heterocycles. The van der Waals surface area contributed by atoms with Gasteiger partial charge in [-0.25, -0.2) is 4.68 Å². The molecule has 2 N–H and O–H groups in total. The van der Waals surface area contributed by atoms with Crippen LogP contribution in [0.5, 0.6) is 0 Å². The molecule has 0 radical (unpaired) electrons. The lowest BCUT2D eigenvalue weighted by Gasteiger charge is -2.06. The lowest BCUT2D eigenvalue weighted by molar-refractivity contribution is -0.115. The van der Waals surface area contributed by atoms with Crippen LogP contribution in [0, 0.1) is 0 Å². The van der Waals surface area contributed by atoms with Crippen molar-refractivity contribution >= 4 is 34.3 Å². The van der Waals surface area contributed by atoms with Crippen LogP contribution in [0.2, 0.25) is 0 Å². The average molecular weight is 436 g/mol. The maximum atomic E-state index is 12.5. The van der Waals surface area contributed by atoms with E-state index in [1.807, 2.05) is 54.6 Å². The van der Waals surface area contributed by atoms with Crippen LogP contribution in [0.1, 0.15) is 16.1 Å². The maximum absolute atomic E-state index is 12.5. The van der Waals surface area contributed by atoms with E-state index < -0.39 is 0 Å². The lowest BCUT2D eigenvalue weighted by atomic mass is 10.1. The Morgan fingerprint density at radius 3 is 2.39 bits per heavy atom. The number of aromatic nitrogens is 2. The number of nitrogens with one attached hydrogen (secondary N) is 2. The smallest absolute Gasteiger partial charge is 0.291 e. The molecule has 162 valence electrons. The van der Waals surface area contributed by atoms with Gasteiger partial charge in [-0.3, -0.25) is 9.59 Å². The van der Waals surface area contributed by atoms with Crippen LogP contribution in [0.25, 0.3) is 16.7 Å². The van der Waals surface area contributed by atoms with E-state index in [-0.39, 0.29) is 24.0 Å². The van der Waals surface area contributed by atoms with Crippen molar-refractivity contribution in [1.29, 1.82) is 0 Å². The highest BCUT2D eigenvalue weighted by Gasteiger charge is 2.13. The summed E-state index contributed by atoms with van der Waals surface area (Å²) in [4.78, 5) is 24.9. The van der Waals surface area contributed by atoms with Crippen molar-refractivity contribution in [3.05, 3.63) is 109 Å². The molecule has 2 amide bonds. The van der Waals surface area contributed by atoms with Crippen molar-refractivity contribution in [2.45, 2.75) is 6.42 Å². The van der Waals surface area contributed by atoms with Gasteiger partial charge in [-0.05, 0) is 42.0 Å². The Balaban J connectivity index is 1.18. The van der Waals surface area contributed by atoms with E-state index in [0.717, 1.165) is 16.6 Å². The number of nitrogens with zero attached hydrogens (tertiary/aromatic N) is 2. The van der Waals surface area contributed by atoms with Crippen LogP contribution in [-0.2, 0) is 11.2 Å². The van der Waals surface area contributed by atoms with Crippen molar-refractivity contribution in [3.63, 3.8) is 0 Å². The minimum absolute atomic E-state index is 0.174. The second kappa shape index (κ2) is 8.84. The van der Waals surface area contributed by atoms with Crippen LogP contribution >= 0.6 is 0 Å². The monoisotopic (exact) mass is 436 g/mol. The average Bonchev–Trinajstić information content (AvgIpc) is 3.48. The SMILES string of the molecule is O=C(Cc1ccc(NC(=O)c2cc3ccccc3o2)cc1)Nc1ccn(-c2ccccc2)n1. The first-order valence-corrected chi connectivity index (χ1v) is 10.4. The van der Waals surface area contributed by atoms with Crippen molar-refractivity contribution in [3.8, 4) is 5.69 Å². The highest BCUT2D eigenvalue weighted by molar-refractivity contribution is 6.04. The van der Waals surface area contributed by atoms with Crippen molar-refractivity contribution in [2.24, 2.45) is 0 Å². The molecule has 0 unspecified atom stereocenters. The Morgan fingerprint density at radius 1 is 0.848 bits per heavy atom. The van der Waals surface area contributed by atoms with Gasteiger partial charge >= 0.3 is 0 Å². The summed E-state index contributed by atoms with van der Waals surface area (Å²) in [5.74, 6) is 0.228. The summed E-state index contributed by atoms with van der Waals surface area (Å²) in [5, 5.41) is 10.9. The number of rotatable bonds is 6. The standard InChI is InChI=1S/C26H20N4O3/c31-25(28-24-14-15-30(29-24)21-7-2-1-3-8-21)16-18-10-12-20(13-11-18)27-26(32)23-17-19-6-4-5-9-22(19)33-23/h1-15,17H,16H2,(H,27,32)(H,28,29,31). The molecule has 7 nitrogen and oxygen atoms in total. The van der Waals surface area contributed by atoms with Crippen LogP contribution in [0.3, 0.4) is 0 Å². The molecule has 5 aromatic rings. The van der Waals surface area contributed by atoms with Crippen LogP contribution in [-0.4, -0.2) is 21.6 Å². The summed E-state index contributed by atoms with van der Waals surface area (Å²) in [6.45, 7) is 0. The Morgan fingerprint density at radius 2 is 1.61 bits per heavy atom. The Hall–Kier alpha value is -4.65. The number of furan rings is 1. The third kappa shape index (κ3) is 4.67. The van der Waals surface area contributed by atoms with Crippen LogP contribution < -0.4 is 10.6 Å². The van der Waals surface area contributed by atoms with Crippen LogP contribution in [0.15, 0.2) is 102 Å². The van der Waals surface area contributed by atoms with E-state index in [1.165, 1.54) is 0 Å². The fraction of sp³-hybridized carbons (Fsp3) is 0.0385. The normalized spacial score (nSPS) is 10.8. The molecule has 33 heavy (non-hydrogen) atoms. The van der Waals surface area contributed by atoms with E-state index in [4.69, 9.17) is 4.42 Å². The Bertz CT molecular complexity index is 1390. The number of amides is 2. The van der Waals surface area contributed by atoms with Gasteiger partial charge in [0, 0.05) is 23.3 Å². The molecular formula is C26H20N4O3. The van der Waals surface area contributed by atoms with Crippen molar-refractivity contribution < 1.29 is 14.0 Å². The van der Waals surface area contributed by atoms with Crippen LogP contribution in [0.4, 0.5) is 11.5 Å². The molecule has 0 bridgehead atoms. The predicted octanol–water partition coefficient (Wildman–Crippen LogP) is 5.05. The second-order valence-electron chi connectivity index (χ2n) is 7.51. The molecule has 5 rings (SSSR count). The predicted molar refractivity (Wildman–Crippen MR) is 127 cm³/mol. The number of hydrogen-bond donors (Lipinski definition) is 2. The first-order valence-electron chi connectivity index (χ1n) is 10.4. The zero-order valence-corrected chi connectivity index (χ0v) is 17.6. The van der Waals surface area contributed by atoms with Gasteiger partial charge in [0.25, 0.3) is 5.91 Å². The molecule has 0 saturated heterocycles. The summed E-state index contributed by atoms with van der Waals surface area (Å²) < 4.78 is 7.30. The van der Waals surface area contributed by atoms with Crippen molar-refractivity contribution in [1.82, 2.24) is 9.78 Å². The number of carbonyl (C=O) groups is 2. The summed E-state index contributed by atoms with van der Waals surface area (Å²) in [5.41, 5.74) is 3.01. The molecule has 3 aromatic carbocycles. The quantitative estimate of drug-likeness (QED) is 0.390. The van der Waals surface area contributed by atoms with E-state index >= 15 is 0 Å². The zero-order chi connectivity index (χ0) is 22.6. The van der Waals surface area contributed by atoms with E-state index in [9.17, 15) is 9.59 Å². The summed E-state index contributed by atoms with van der Waals surface area (Å²) in [7, 11) is 0. The highest BCUT2D eigenvalue weighted by Crippen LogP contribution is 2.20. The van der Waals surface area contributed by atoms with Gasteiger partial charge in [0.1, 0.15) is 5.58 Å². The minimum Gasteiger partial charge on any atom is -0.451 e. The van der Waals surface area contributed by atoms with Gasteiger partial charge in [0.15, 0.2) is 11.6 Å². The van der Waals surface area contributed by atoms with Gasteiger partial charge in [-0.1, -0.05) is 48.5 Å². The molecule has 0 saturated carbocycles. The molecule has 0 atom stereocenters. The number of hydrogen-bond acceptors (Lipinski definition) is 4. The van der Waals surface area contributed by atoms with Gasteiger partial charge in [-0.15, -0.1) is 0 Å². The molecule has 0 aliphatic carbocycles. The second-order valence-corrected chi connectivity index (χ2v) is 7.51. The van der Waals surface area contributed by atoms with E-state index in [2.05, 4.69) is 15.7 Å². The first-order chi connectivity index (χ1) is 16.1. The maximum Gasteiger partial charge on any atom is 0.291 e. The third-order valence-corrected chi connectivity index (χ3v) is 5.10. The first kappa shape index (κ1) is 20.3. The molecule has 7 heteroatoms. The van der Waals surface area contributed by atoms with E-state index in [0.29, 0.717) is 17.1 Å². The number of para-hydroxylation sites is 2. The van der Waals surface area contributed by atoms with E-state index in [1.54, 1.807) is 47.3 Å². The van der Waals surface area contributed by atoms with Gasteiger partial charge in [0.05, 0.1) is 12.1 Å². The molecule has 0 aliphatic rings. The van der Waals surface area contributed by atoms with Gasteiger partial charge < -0.3 is 15.1 Å². The highest BCUT2D eigenvalue weighted by atomic mass is 16.3. The minimum atomic E-state index is -0.328. The van der Waals surface area contributed by atoms with Gasteiger partial charge in [0.2, 0.25) is 5.91 Å². The number of fused-ring (bicyclic) bond motifs is 1. The largest absolute Gasteiger partial charge is 0.451 e. The molecule has 2 aromatic heterocycles. The number of carbonyl (C=O) groups excluding carboxylic acids is 2. The van der Waals surface area contributed by atoms with Gasteiger partial charge in [-0.2, -0.15) is 5.10 Å². The molecular weight excluding hydrogens is 416 g/mol. The molecule has 2 heterocycles. The Kier molecular flexibility index (Phi) is 5.43. The summed E-state index contributed by atoms with van der Waals surface area (Å²) >= 11 is 0. The third-order valence-electron chi connectivity index (χ3n) is 5.10.